The molecular formula is C10H13ClN2O2S. The highest BCUT2D eigenvalue weighted by atomic mass is 35.5. The number of aromatic nitrogens is 1. The molecule has 0 spiro atoms. The van der Waals surface area contributed by atoms with Crippen LogP contribution in [-0.4, -0.2) is 19.4 Å². The molecule has 1 unspecified atom stereocenters. The molecule has 1 fully saturated rings. The normalized spacial score (nSPS) is 23.1. The molecule has 0 saturated heterocycles. The Labute approximate surface area is 100 Å². The fourth-order valence-corrected chi connectivity index (χ4v) is 2.91. The fraction of sp³-hybridized carbons (Fsp3) is 0.500. The summed E-state index contributed by atoms with van der Waals surface area (Å²) in [6.07, 6.45) is 2.13. The van der Waals surface area contributed by atoms with Gasteiger partial charge in [-0.05, 0) is 24.0 Å². The Morgan fingerprint density at radius 1 is 1.50 bits per heavy atom. The monoisotopic (exact) mass is 260 g/mol. The lowest BCUT2D eigenvalue weighted by Crippen LogP contribution is -2.28. The number of rotatable bonds is 3. The predicted molar refractivity (Wildman–Crippen MR) is 61.8 cm³/mol. The van der Waals surface area contributed by atoms with E-state index in [0.717, 1.165) is 6.42 Å². The summed E-state index contributed by atoms with van der Waals surface area (Å²) in [6.45, 7) is 4.06. The summed E-state index contributed by atoms with van der Waals surface area (Å²) in [4.78, 5) is 3.91. The standard InChI is InChI=1S/C10H13ClN2O2S/c1-10(2)5-8(10)13-16(14,15)7-3-4-9(11)12-6-7/h3-4,6,8,13H,5H2,1-2H3. The number of halogens is 1. The van der Waals surface area contributed by atoms with Gasteiger partial charge in [0, 0.05) is 12.2 Å². The van der Waals surface area contributed by atoms with Gasteiger partial charge in [-0.1, -0.05) is 25.4 Å². The van der Waals surface area contributed by atoms with Gasteiger partial charge >= 0.3 is 0 Å². The van der Waals surface area contributed by atoms with Crippen LogP contribution < -0.4 is 4.72 Å². The molecule has 1 aromatic rings. The van der Waals surface area contributed by atoms with E-state index in [1.54, 1.807) is 0 Å². The van der Waals surface area contributed by atoms with Crippen LogP contribution in [0.25, 0.3) is 0 Å². The van der Waals surface area contributed by atoms with Gasteiger partial charge in [0.05, 0.1) is 0 Å². The number of pyridine rings is 1. The lowest BCUT2D eigenvalue weighted by Gasteiger charge is -2.07. The molecule has 0 aromatic carbocycles. The largest absolute Gasteiger partial charge is 0.243 e. The Kier molecular flexibility index (Phi) is 2.72. The van der Waals surface area contributed by atoms with Crippen LogP contribution in [0.15, 0.2) is 23.2 Å². The third kappa shape index (κ3) is 2.36. The van der Waals surface area contributed by atoms with Crippen molar-refractivity contribution in [2.45, 2.75) is 31.2 Å². The van der Waals surface area contributed by atoms with Crippen molar-refractivity contribution < 1.29 is 8.42 Å². The third-order valence-corrected chi connectivity index (χ3v) is 4.50. The first-order valence-electron chi connectivity index (χ1n) is 4.95. The van der Waals surface area contributed by atoms with Gasteiger partial charge < -0.3 is 0 Å². The van der Waals surface area contributed by atoms with E-state index in [1.807, 2.05) is 13.8 Å². The molecule has 1 atom stereocenters. The maximum Gasteiger partial charge on any atom is 0.242 e. The van der Waals surface area contributed by atoms with E-state index < -0.39 is 10.0 Å². The van der Waals surface area contributed by atoms with Gasteiger partial charge in [0.1, 0.15) is 10.0 Å². The van der Waals surface area contributed by atoms with E-state index >= 15 is 0 Å². The quantitative estimate of drug-likeness (QED) is 0.844. The summed E-state index contributed by atoms with van der Waals surface area (Å²) in [5, 5.41) is 0.283. The van der Waals surface area contributed by atoms with Gasteiger partial charge in [-0.3, -0.25) is 0 Å². The average molecular weight is 261 g/mol. The van der Waals surface area contributed by atoms with Crippen LogP contribution in [0, 0.1) is 5.41 Å². The summed E-state index contributed by atoms with van der Waals surface area (Å²) in [7, 11) is -3.46. The maximum absolute atomic E-state index is 11.9. The van der Waals surface area contributed by atoms with Gasteiger partial charge in [-0.25, -0.2) is 18.1 Å². The minimum absolute atomic E-state index is 0.0215. The molecular weight excluding hydrogens is 248 g/mol. The molecule has 0 bridgehead atoms. The van der Waals surface area contributed by atoms with E-state index in [2.05, 4.69) is 9.71 Å². The first kappa shape index (κ1) is 11.8. The molecule has 0 amide bonds. The minimum atomic E-state index is -3.46. The topological polar surface area (TPSA) is 59.1 Å². The van der Waals surface area contributed by atoms with Crippen LogP contribution in [0.2, 0.25) is 5.15 Å². The van der Waals surface area contributed by atoms with Gasteiger partial charge in [0.25, 0.3) is 0 Å². The van der Waals surface area contributed by atoms with E-state index in [4.69, 9.17) is 11.6 Å². The van der Waals surface area contributed by atoms with Crippen molar-refractivity contribution in [1.82, 2.24) is 9.71 Å². The highest BCUT2D eigenvalue weighted by Gasteiger charge is 2.47. The molecule has 88 valence electrons. The van der Waals surface area contributed by atoms with E-state index in [-0.39, 0.29) is 21.5 Å². The Morgan fingerprint density at radius 3 is 2.56 bits per heavy atom. The van der Waals surface area contributed by atoms with Crippen LogP contribution >= 0.6 is 11.6 Å². The Hall–Kier alpha value is -0.650. The lowest BCUT2D eigenvalue weighted by molar-refractivity contribution is 0.554. The summed E-state index contributed by atoms with van der Waals surface area (Å²) < 4.78 is 26.4. The van der Waals surface area contributed by atoms with Gasteiger partial charge in [0.15, 0.2) is 0 Å². The smallest absolute Gasteiger partial charge is 0.242 e. The van der Waals surface area contributed by atoms with Crippen molar-refractivity contribution >= 4 is 21.6 Å². The Balaban J connectivity index is 2.17. The molecule has 1 saturated carbocycles. The van der Waals surface area contributed by atoms with E-state index in [0.29, 0.717) is 0 Å². The van der Waals surface area contributed by atoms with Crippen molar-refractivity contribution in [2.24, 2.45) is 5.41 Å². The van der Waals surface area contributed by atoms with Crippen molar-refractivity contribution in [3.05, 3.63) is 23.5 Å². The zero-order valence-electron chi connectivity index (χ0n) is 9.07. The van der Waals surface area contributed by atoms with Gasteiger partial charge in [-0.2, -0.15) is 0 Å². The minimum Gasteiger partial charge on any atom is -0.243 e. The molecule has 0 aliphatic heterocycles. The Morgan fingerprint density at radius 2 is 2.12 bits per heavy atom. The SMILES string of the molecule is CC1(C)CC1NS(=O)(=O)c1ccc(Cl)nc1. The number of hydrogen-bond acceptors (Lipinski definition) is 3. The first-order valence-corrected chi connectivity index (χ1v) is 6.81. The number of sulfonamides is 1. The molecule has 1 heterocycles. The first-order chi connectivity index (χ1) is 7.31. The zero-order chi connectivity index (χ0) is 12.0. The number of hydrogen-bond donors (Lipinski definition) is 1. The van der Waals surface area contributed by atoms with Crippen molar-refractivity contribution in [1.29, 1.82) is 0 Å². The van der Waals surface area contributed by atoms with Crippen LogP contribution in [0.4, 0.5) is 0 Å². The average Bonchev–Trinajstić information content (AvgIpc) is 2.73. The second-order valence-corrected chi connectivity index (χ2v) is 6.78. The third-order valence-electron chi connectivity index (χ3n) is 2.82. The van der Waals surface area contributed by atoms with Crippen LogP contribution in [0.5, 0.6) is 0 Å². The van der Waals surface area contributed by atoms with Gasteiger partial charge in [-0.15, -0.1) is 0 Å². The molecule has 2 rings (SSSR count). The fourth-order valence-electron chi connectivity index (χ4n) is 1.44. The van der Waals surface area contributed by atoms with Crippen LogP contribution in [0.3, 0.4) is 0 Å². The number of nitrogens with zero attached hydrogens (tertiary/aromatic N) is 1. The molecule has 16 heavy (non-hydrogen) atoms. The van der Waals surface area contributed by atoms with E-state index in [9.17, 15) is 8.42 Å². The van der Waals surface area contributed by atoms with E-state index in [1.165, 1.54) is 18.3 Å². The Bertz CT molecular complexity index is 496. The van der Waals surface area contributed by atoms with Crippen LogP contribution in [-0.2, 0) is 10.0 Å². The number of nitrogens with one attached hydrogen (secondary N) is 1. The molecule has 1 aliphatic carbocycles. The molecule has 4 nitrogen and oxygen atoms in total. The summed E-state index contributed by atoms with van der Waals surface area (Å²) in [6, 6.07) is 2.94. The molecule has 1 N–H and O–H groups in total. The van der Waals surface area contributed by atoms with Crippen molar-refractivity contribution in [2.75, 3.05) is 0 Å². The summed E-state index contributed by atoms with van der Waals surface area (Å²) in [5.74, 6) is 0. The molecule has 1 aromatic heterocycles. The summed E-state index contributed by atoms with van der Waals surface area (Å²) in [5.41, 5.74) is 0.0624. The van der Waals surface area contributed by atoms with Crippen molar-refractivity contribution in [3.63, 3.8) is 0 Å². The maximum atomic E-state index is 11.9. The van der Waals surface area contributed by atoms with Crippen LogP contribution in [0.1, 0.15) is 20.3 Å². The molecule has 0 radical (unpaired) electrons. The van der Waals surface area contributed by atoms with Gasteiger partial charge in [0.2, 0.25) is 10.0 Å². The second-order valence-electron chi connectivity index (χ2n) is 4.68. The predicted octanol–water partition coefficient (Wildman–Crippen LogP) is 1.81. The highest BCUT2D eigenvalue weighted by molar-refractivity contribution is 7.89. The summed E-state index contributed by atoms with van der Waals surface area (Å²) >= 11 is 5.60. The lowest BCUT2D eigenvalue weighted by atomic mass is 10.2. The zero-order valence-corrected chi connectivity index (χ0v) is 10.6. The molecule has 1 aliphatic rings. The second kappa shape index (κ2) is 3.68. The molecule has 6 heteroatoms. The highest BCUT2D eigenvalue weighted by Crippen LogP contribution is 2.45. The van der Waals surface area contributed by atoms with Crippen molar-refractivity contribution in [3.8, 4) is 0 Å².